The topological polar surface area (TPSA) is 37.8 Å². The summed E-state index contributed by atoms with van der Waals surface area (Å²) in [5.41, 5.74) is 0.884. The minimum atomic E-state index is -2.56. The smallest absolute Gasteiger partial charge is 0.280 e. The fourth-order valence-electron chi connectivity index (χ4n) is 2.00. The van der Waals surface area contributed by atoms with Gasteiger partial charge < -0.3 is 5.32 Å². The lowest BCUT2D eigenvalue weighted by molar-refractivity contribution is 0.145. The number of halogens is 2. The third-order valence-corrected chi connectivity index (χ3v) is 3.25. The van der Waals surface area contributed by atoms with Gasteiger partial charge in [0.05, 0.1) is 0 Å². The highest BCUT2D eigenvalue weighted by Crippen LogP contribution is 2.39. The first-order chi connectivity index (χ1) is 9.72. The van der Waals surface area contributed by atoms with E-state index in [2.05, 4.69) is 15.3 Å². The summed E-state index contributed by atoms with van der Waals surface area (Å²) in [6.45, 7) is 0.560. The van der Waals surface area contributed by atoms with E-state index in [0.29, 0.717) is 18.2 Å². The van der Waals surface area contributed by atoms with Gasteiger partial charge in [-0.25, -0.2) is 18.7 Å². The monoisotopic (exact) mass is 275 g/mol. The third kappa shape index (κ3) is 3.10. The molecule has 0 amide bonds. The molecule has 1 heterocycles. The average molecular weight is 275 g/mol. The molecule has 104 valence electrons. The summed E-state index contributed by atoms with van der Waals surface area (Å²) in [5, 5.41) is 3.09. The Hall–Kier alpha value is -2.04. The lowest BCUT2D eigenvalue weighted by Gasteiger charge is -2.09. The molecule has 1 aromatic heterocycles. The van der Waals surface area contributed by atoms with Gasteiger partial charge in [-0.3, -0.25) is 0 Å². The van der Waals surface area contributed by atoms with Crippen LogP contribution in [0, 0.1) is 0 Å². The number of benzene rings is 1. The van der Waals surface area contributed by atoms with E-state index in [1.165, 1.54) is 6.07 Å². The van der Waals surface area contributed by atoms with Gasteiger partial charge in [0.2, 0.25) is 0 Å². The number of aromatic nitrogens is 2. The first-order valence-corrected chi connectivity index (χ1v) is 6.67. The van der Waals surface area contributed by atoms with Crippen LogP contribution < -0.4 is 5.32 Å². The molecule has 0 radical (unpaired) electrons. The van der Waals surface area contributed by atoms with Gasteiger partial charge in [0.1, 0.15) is 17.3 Å². The first kappa shape index (κ1) is 13.0. The largest absolute Gasteiger partial charge is 0.366 e. The van der Waals surface area contributed by atoms with E-state index >= 15 is 0 Å². The fourth-order valence-corrected chi connectivity index (χ4v) is 2.00. The van der Waals surface area contributed by atoms with Gasteiger partial charge in [0.15, 0.2) is 0 Å². The quantitative estimate of drug-likeness (QED) is 0.899. The first-order valence-electron chi connectivity index (χ1n) is 6.67. The Labute approximate surface area is 116 Å². The summed E-state index contributed by atoms with van der Waals surface area (Å²) < 4.78 is 25.7. The van der Waals surface area contributed by atoms with Gasteiger partial charge in [0, 0.05) is 18.5 Å². The summed E-state index contributed by atoms with van der Waals surface area (Å²) in [7, 11) is 0. The van der Waals surface area contributed by atoms with Crippen LogP contribution in [-0.4, -0.2) is 9.97 Å². The molecule has 3 nitrogen and oxygen atoms in total. The second-order valence-corrected chi connectivity index (χ2v) is 4.95. The predicted molar refractivity (Wildman–Crippen MR) is 72.7 cm³/mol. The van der Waals surface area contributed by atoms with Gasteiger partial charge in [-0.05, 0) is 18.4 Å². The van der Waals surface area contributed by atoms with Crippen molar-refractivity contribution < 1.29 is 8.78 Å². The highest BCUT2D eigenvalue weighted by molar-refractivity contribution is 5.38. The Morgan fingerprint density at radius 3 is 2.55 bits per heavy atom. The summed E-state index contributed by atoms with van der Waals surface area (Å²) >= 11 is 0. The van der Waals surface area contributed by atoms with Crippen LogP contribution in [0.5, 0.6) is 0 Å². The van der Waals surface area contributed by atoms with Crippen molar-refractivity contribution in [3.8, 4) is 0 Å². The summed E-state index contributed by atoms with van der Waals surface area (Å²) in [6, 6.07) is 11.1. The van der Waals surface area contributed by atoms with Crippen molar-refractivity contribution in [3.63, 3.8) is 0 Å². The lowest BCUT2D eigenvalue weighted by Crippen LogP contribution is -2.06. The van der Waals surface area contributed by atoms with Crippen molar-refractivity contribution >= 4 is 5.82 Å². The van der Waals surface area contributed by atoms with Gasteiger partial charge in [-0.15, -0.1) is 0 Å². The molecular formula is C15H15F2N3. The van der Waals surface area contributed by atoms with Gasteiger partial charge >= 0.3 is 0 Å². The SMILES string of the molecule is FC(F)c1cc(NCc2ccccc2)nc(C2CC2)n1. The zero-order valence-electron chi connectivity index (χ0n) is 10.9. The maximum atomic E-state index is 12.9. The molecule has 20 heavy (non-hydrogen) atoms. The lowest BCUT2D eigenvalue weighted by atomic mass is 10.2. The van der Waals surface area contributed by atoms with Crippen molar-refractivity contribution in [2.75, 3.05) is 5.32 Å². The van der Waals surface area contributed by atoms with Crippen LogP contribution in [0.1, 0.15) is 42.3 Å². The molecule has 0 spiro atoms. The average Bonchev–Trinajstić information content (AvgIpc) is 3.30. The van der Waals surface area contributed by atoms with E-state index in [4.69, 9.17) is 0 Å². The Kier molecular flexibility index (Phi) is 3.58. The van der Waals surface area contributed by atoms with Crippen molar-refractivity contribution in [2.24, 2.45) is 0 Å². The number of hydrogen-bond acceptors (Lipinski definition) is 3. The number of nitrogens with one attached hydrogen (secondary N) is 1. The fraction of sp³-hybridized carbons (Fsp3) is 0.333. The molecular weight excluding hydrogens is 260 g/mol. The van der Waals surface area contributed by atoms with Crippen LogP contribution in [0.4, 0.5) is 14.6 Å². The Morgan fingerprint density at radius 1 is 1.15 bits per heavy atom. The van der Waals surface area contributed by atoms with E-state index < -0.39 is 6.43 Å². The number of anilines is 1. The maximum Gasteiger partial charge on any atom is 0.280 e. The molecule has 0 aliphatic heterocycles. The molecule has 0 unspecified atom stereocenters. The van der Waals surface area contributed by atoms with Crippen LogP contribution in [0.3, 0.4) is 0 Å². The standard InChI is InChI=1S/C15H15F2N3/c16-14(17)12-8-13(20-15(19-12)11-6-7-11)18-9-10-4-2-1-3-5-10/h1-5,8,11,14H,6-7,9H2,(H,18,19,20). The number of rotatable bonds is 5. The highest BCUT2D eigenvalue weighted by atomic mass is 19.3. The Bertz CT molecular complexity index is 563. The Balaban J connectivity index is 1.77. The molecule has 3 rings (SSSR count). The molecule has 1 aliphatic rings. The molecule has 0 saturated heterocycles. The number of hydrogen-bond donors (Lipinski definition) is 1. The number of nitrogens with zero attached hydrogens (tertiary/aromatic N) is 2. The van der Waals surface area contributed by atoms with Crippen molar-refractivity contribution in [2.45, 2.75) is 31.7 Å². The van der Waals surface area contributed by atoms with Crippen LogP contribution in [0.25, 0.3) is 0 Å². The minimum Gasteiger partial charge on any atom is -0.366 e. The van der Waals surface area contributed by atoms with Crippen molar-refractivity contribution in [3.05, 3.63) is 53.5 Å². The zero-order chi connectivity index (χ0) is 13.9. The minimum absolute atomic E-state index is 0.197. The molecule has 1 aliphatic carbocycles. The summed E-state index contributed by atoms with van der Waals surface area (Å²) in [4.78, 5) is 8.29. The zero-order valence-corrected chi connectivity index (χ0v) is 10.9. The predicted octanol–water partition coefficient (Wildman–Crippen LogP) is 3.90. The molecule has 1 fully saturated rings. The van der Waals surface area contributed by atoms with Crippen LogP contribution in [-0.2, 0) is 6.54 Å². The molecule has 1 N–H and O–H groups in total. The van der Waals surface area contributed by atoms with E-state index in [0.717, 1.165) is 18.4 Å². The van der Waals surface area contributed by atoms with Crippen LogP contribution in [0.2, 0.25) is 0 Å². The van der Waals surface area contributed by atoms with Crippen LogP contribution >= 0.6 is 0 Å². The summed E-state index contributed by atoms with van der Waals surface area (Å²) in [5.74, 6) is 1.27. The molecule has 2 aromatic rings. The van der Waals surface area contributed by atoms with Crippen molar-refractivity contribution in [1.82, 2.24) is 9.97 Å². The van der Waals surface area contributed by atoms with Crippen molar-refractivity contribution in [1.29, 1.82) is 0 Å². The Morgan fingerprint density at radius 2 is 1.90 bits per heavy atom. The van der Waals surface area contributed by atoms with E-state index in [1.54, 1.807) is 0 Å². The highest BCUT2D eigenvalue weighted by Gasteiger charge is 2.28. The number of alkyl halides is 2. The second-order valence-electron chi connectivity index (χ2n) is 4.95. The normalized spacial score (nSPS) is 14.6. The van der Waals surface area contributed by atoms with Gasteiger partial charge in [-0.1, -0.05) is 30.3 Å². The molecule has 5 heteroatoms. The second kappa shape index (κ2) is 5.53. The molecule has 0 bridgehead atoms. The summed E-state index contributed by atoms with van der Waals surface area (Å²) in [6.07, 6.45) is -0.580. The van der Waals surface area contributed by atoms with Crippen LogP contribution in [0.15, 0.2) is 36.4 Å². The molecule has 1 aromatic carbocycles. The van der Waals surface area contributed by atoms with Gasteiger partial charge in [-0.2, -0.15) is 0 Å². The maximum absolute atomic E-state index is 12.9. The van der Waals surface area contributed by atoms with Gasteiger partial charge in [0.25, 0.3) is 6.43 Å². The third-order valence-electron chi connectivity index (χ3n) is 3.25. The van der Waals surface area contributed by atoms with E-state index in [-0.39, 0.29) is 11.6 Å². The molecule has 1 saturated carbocycles. The van der Waals surface area contributed by atoms with E-state index in [9.17, 15) is 8.78 Å². The molecule has 0 atom stereocenters. The van der Waals surface area contributed by atoms with E-state index in [1.807, 2.05) is 30.3 Å².